The first-order chi connectivity index (χ1) is 24.1. The monoisotopic (exact) mass is 707 g/mol. The number of hydrogen-bond acceptors (Lipinski definition) is 6. The Morgan fingerprint density at radius 2 is 1.26 bits per heavy atom. The van der Waals surface area contributed by atoms with E-state index in [0.717, 1.165) is 32.4 Å². The molecular formula is C40H50ClNO8. The van der Waals surface area contributed by atoms with E-state index in [1.54, 1.807) is 72.8 Å². The van der Waals surface area contributed by atoms with Gasteiger partial charge in [0.15, 0.2) is 5.41 Å². The lowest BCUT2D eigenvalue weighted by Crippen LogP contribution is -2.59. The standard InChI is InChI=1S/C40H50ClNO8/c1-3-42(4-2)27-17-9-7-5-6-8-10-18-28-49-32-23-25-33(26-24-32)50-38(36(45)46,29-34(43)44)39(37(47)48)35(30-19-13-11-14-20-30)40(39,41)31-21-15-12-16-22-31/h11-16,19-26,35H,3-10,17-18,27-29H2,1-2H3,(H,43,44)(H,45,46)(H,47,48). The predicted molar refractivity (Wildman–Crippen MR) is 193 cm³/mol. The minimum absolute atomic E-state index is 0.0236. The van der Waals surface area contributed by atoms with Crippen LogP contribution in [0.3, 0.4) is 0 Å². The third-order valence-corrected chi connectivity index (χ3v) is 10.8. The van der Waals surface area contributed by atoms with Crippen molar-refractivity contribution in [3.05, 3.63) is 96.1 Å². The summed E-state index contributed by atoms with van der Waals surface area (Å²) in [6, 6.07) is 22.9. The number of benzene rings is 3. The number of hydrogen-bond donors (Lipinski definition) is 3. The number of halogens is 1. The highest BCUT2D eigenvalue weighted by Gasteiger charge is 2.92. The van der Waals surface area contributed by atoms with Crippen molar-refractivity contribution in [2.24, 2.45) is 5.41 Å². The Bertz CT molecular complexity index is 1530. The minimum Gasteiger partial charge on any atom is -0.494 e. The molecule has 0 amide bonds. The number of unbranched alkanes of at least 4 members (excludes halogenated alkanes) is 7. The molecule has 1 aliphatic rings. The van der Waals surface area contributed by atoms with Crippen molar-refractivity contribution < 1.29 is 39.2 Å². The van der Waals surface area contributed by atoms with Crippen LogP contribution in [-0.2, 0) is 19.3 Å². The molecule has 1 saturated carbocycles. The van der Waals surface area contributed by atoms with Crippen molar-refractivity contribution in [1.29, 1.82) is 0 Å². The maximum Gasteiger partial charge on any atom is 0.350 e. The highest BCUT2D eigenvalue weighted by molar-refractivity contribution is 6.31. The molecule has 4 rings (SSSR count). The van der Waals surface area contributed by atoms with Crippen molar-refractivity contribution in [3.63, 3.8) is 0 Å². The Kier molecular flexibility index (Phi) is 13.7. The summed E-state index contributed by atoms with van der Waals surface area (Å²) in [6.07, 6.45) is 8.17. The summed E-state index contributed by atoms with van der Waals surface area (Å²) in [4.78, 5) is 39.8. The highest BCUT2D eigenvalue weighted by atomic mass is 35.5. The van der Waals surface area contributed by atoms with Gasteiger partial charge < -0.3 is 29.7 Å². The Labute approximate surface area is 300 Å². The van der Waals surface area contributed by atoms with Gasteiger partial charge in [-0.3, -0.25) is 9.59 Å². The number of carbonyl (C=O) groups is 3. The molecule has 0 aromatic heterocycles. The number of ether oxygens (including phenoxy) is 2. The quantitative estimate of drug-likeness (QED) is 0.0659. The predicted octanol–water partition coefficient (Wildman–Crippen LogP) is 8.21. The fourth-order valence-electron chi connectivity index (χ4n) is 7.41. The van der Waals surface area contributed by atoms with Crippen LogP contribution in [0, 0.1) is 5.41 Å². The Balaban J connectivity index is 1.45. The number of aliphatic carboxylic acids is 3. The molecule has 3 aromatic rings. The Hall–Kier alpha value is -4.08. The highest BCUT2D eigenvalue weighted by Crippen LogP contribution is 2.81. The van der Waals surface area contributed by atoms with E-state index in [9.17, 15) is 29.7 Å². The van der Waals surface area contributed by atoms with Gasteiger partial charge in [-0.25, -0.2) is 4.79 Å². The van der Waals surface area contributed by atoms with E-state index in [2.05, 4.69) is 18.7 Å². The molecule has 3 N–H and O–H groups in total. The molecule has 50 heavy (non-hydrogen) atoms. The smallest absolute Gasteiger partial charge is 0.350 e. The minimum atomic E-state index is -2.81. The molecule has 0 heterocycles. The second-order valence-electron chi connectivity index (χ2n) is 13.0. The molecule has 9 nitrogen and oxygen atoms in total. The van der Waals surface area contributed by atoms with Gasteiger partial charge in [-0.2, -0.15) is 0 Å². The first-order valence-electron chi connectivity index (χ1n) is 17.7. The lowest BCUT2D eigenvalue weighted by atomic mass is 9.76. The summed E-state index contributed by atoms with van der Waals surface area (Å²) >= 11 is 7.30. The van der Waals surface area contributed by atoms with Gasteiger partial charge in [-0.15, -0.1) is 11.6 Å². The molecule has 4 atom stereocenters. The van der Waals surface area contributed by atoms with E-state index < -0.39 is 46.1 Å². The Morgan fingerprint density at radius 1 is 0.740 bits per heavy atom. The maximum absolute atomic E-state index is 13.5. The SMILES string of the molecule is CCN(CC)CCCCCCCCCCOc1ccc(OC(CC(=O)O)(C(=O)O)C2(C(=O)O)C(c3ccccc3)C2(Cl)c2ccccc2)cc1. The summed E-state index contributed by atoms with van der Waals surface area (Å²) in [5.74, 6) is -5.51. The summed E-state index contributed by atoms with van der Waals surface area (Å²) < 4.78 is 12.0. The zero-order chi connectivity index (χ0) is 36.2. The normalized spacial score (nSPS) is 20.9. The average molecular weight is 708 g/mol. The van der Waals surface area contributed by atoms with E-state index in [0.29, 0.717) is 23.5 Å². The number of rotatable bonds is 23. The third kappa shape index (κ3) is 8.10. The van der Waals surface area contributed by atoms with Gasteiger partial charge in [0.05, 0.1) is 17.9 Å². The van der Waals surface area contributed by atoms with Crippen LogP contribution in [0.5, 0.6) is 11.5 Å². The summed E-state index contributed by atoms with van der Waals surface area (Å²) in [5.41, 5.74) is -4.44. The molecule has 3 aromatic carbocycles. The van der Waals surface area contributed by atoms with Gasteiger partial charge >= 0.3 is 17.9 Å². The second kappa shape index (κ2) is 17.7. The molecular weight excluding hydrogens is 658 g/mol. The van der Waals surface area contributed by atoms with Gasteiger partial charge in [-0.05, 0) is 67.9 Å². The zero-order valence-corrected chi connectivity index (χ0v) is 29.8. The van der Waals surface area contributed by atoms with Crippen LogP contribution in [0.4, 0.5) is 0 Å². The lowest BCUT2D eigenvalue weighted by molar-refractivity contribution is -0.179. The summed E-state index contributed by atoms with van der Waals surface area (Å²) in [7, 11) is 0. The summed E-state index contributed by atoms with van der Waals surface area (Å²) in [6.45, 7) is 8.33. The molecule has 1 aliphatic carbocycles. The Morgan fingerprint density at radius 3 is 1.78 bits per heavy atom. The zero-order valence-electron chi connectivity index (χ0n) is 29.1. The topological polar surface area (TPSA) is 134 Å². The molecule has 0 bridgehead atoms. The average Bonchev–Trinajstić information content (AvgIpc) is 3.72. The van der Waals surface area contributed by atoms with Crippen molar-refractivity contribution in [2.45, 2.75) is 88.0 Å². The van der Waals surface area contributed by atoms with Crippen LogP contribution in [-0.4, -0.2) is 70.0 Å². The number of alkyl halides is 1. The number of carboxylic acid groups (broad SMARTS) is 3. The van der Waals surface area contributed by atoms with Crippen LogP contribution in [0.15, 0.2) is 84.9 Å². The van der Waals surface area contributed by atoms with Crippen LogP contribution in [0.2, 0.25) is 0 Å². The first kappa shape index (κ1) is 38.7. The van der Waals surface area contributed by atoms with Crippen LogP contribution in [0.25, 0.3) is 0 Å². The molecule has 4 unspecified atom stereocenters. The van der Waals surface area contributed by atoms with Crippen molar-refractivity contribution in [1.82, 2.24) is 4.90 Å². The van der Waals surface area contributed by atoms with Gasteiger partial charge in [0.25, 0.3) is 0 Å². The maximum atomic E-state index is 13.5. The molecule has 0 spiro atoms. The molecule has 1 fully saturated rings. The van der Waals surface area contributed by atoms with Crippen LogP contribution >= 0.6 is 11.6 Å². The first-order valence-corrected chi connectivity index (χ1v) is 18.1. The van der Waals surface area contributed by atoms with E-state index in [4.69, 9.17) is 21.1 Å². The van der Waals surface area contributed by atoms with Gasteiger partial charge in [-0.1, -0.05) is 113 Å². The molecule has 0 aliphatic heterocycles. The fourth-order valence-corrected chi connectivity index (χ4v) is 8.11. The van der Waals surface area contributed by atoms with E-state index in [1.165, 1.54) is 50.8 Å². The largest absolute Gasteiger partial charge is 0.494 e. The van der Waals surface area contributed by atoms with Gasteiger partial charge in [0.1, 0.15) is 11.5 Å². The molecule has 0 radical (unpaired) electrons. The second-order valence-corrected chi connectivity index (χ2v) is 13.6. The van der Waals surface area contributed by atoms with Crippen molar-refractivity contribution in [3.8, 4) is 11.5 Å². The number of carboxylic acids is 3. The van der Waals surface area contributed by atoms with E-state index in [-0.39, 0.29) is 5.75 Å². The van der Waals surface area contributed by atoms with E-state index >= 15 is 0 Å². The fraction of sp³-hybridized carbons (Fsp3) is 0.475. The van der Waals surface area contributed by atoms with E-state index in [1.807, 2.05) is 0 Å². The number of nitrogens with zero attached hydrogens (tertiary/aromatic N) is 1. The third-order valence-electron chi connectivity index (χ3n) is 10.0. The lowest BCUT2D eigenvalue weighted by Gasteiger charge is -2.37. The molecule has 270 valence electrons. The van der Waals surface area contributed by atoms with Crippen LogP contribution in [0.1, 0.15) is 88.7 Å². The van der Waals surface area contributed by atoms with Crippen molar-refractivity contribution >= 4 is 29.5 Å². The summed E-state index contributed by atoms with van der Waals surface area (Å²) in [5, 5.41) is 31.8. The van der Waals surface area contributed by atoms with Gasteiger partial charge in [0, 0.05) is 5.92 Å². The molecule has 10 heteroatoms. The van der Waals surface area contributed by atoms with Gasteiger partial charge in [0.2, 0.25) is 5.60 Å². The van der Waals surface area contributed by atoms with Crippen molar-refractivity contribution in [2.75, 3.05) is 26.2 Å². The van der Waals surface area contributed by atoms with Crippen LogP contribution < -0.4 is 9.47 Å². The molecule has 0 saturated heterocycles.